The van der Waals surface area contributed by atoms with Crippen molar-refractivity contribution in [1.29, 1.82) is 0 Å². The molecular formula is C10H13ClN2O4. The van der Waals surface area contributed by atoms with E-state index in [1.807, 2.05) is 0 Å². The zero-order valence-corrected chi connectivity index (χ0v) is 9.72. The topological polar surface area (TPSA) is 106 Å². The Morgan fingerprint density at radius 1 is 1.41 bits per heavy atom. The molecule has 0 unspecified atom stereocenters. The smallest absolute Gasteiger partial charge is 0.304 e. The van der Waals surface area contributed by atoms with Crippen molar-refractivity contribution >= 4 is 24.1 Å². The molecule has 0 heterocycles. The highest BCUT2D eigenvalue weighted by molar-refractivity contribution is 5.85. The fourth-order valence-corrected chi connectivity index (χ4v) is 1.35. The predicted molar refractivity (Wildman–Crippen MR) is 64.3 cm³/mol. The highest BCUT2D eigenvalue weighted by atomic mass is 35.5. The average molecular weight is 261 g/mol. The minimum absolute atomic E-state index is 0. The fraction of sp³-hybridized carbons (Fsp3) is 0.300. The van der Waals surface area contributed by atoms with Gasteiger partial charge in [0.2, 0.25) is 0 Å². The summed E-state index contributed by atoms with van der Waals surface area (Å²) < 4.78 is 0. The second-order valence-electron chi connectivity index (χ2n) is 3.49. The first-order chi connectivity index (χ1) is 7.49. The lowest BCUT2D eigenvalue weighted by molar-refractivity contribution is -0.384. The van der Waals surface area contributed by atoms with Crippen molar-refractivity contribution in [3.63, 3.8) is 0 Å². The van der Waals surface area contributed by atoms with E-state index in [-0.39, 0.29) is 24.5 Å². The molecule has 0 amide bonds. The number of aliphatic carboxylic acids is 1. The summed E-state index contributed by atoms with van der Waals surface area (Å²) >= 11 is 0. The van der Waals surface area contributed by atoms with E-state index >= 15 is 0 Å². The summed E-state index contributed by atoms with van der Waals surface area (Å²) in [7, 11) is 0. The van der Waals surface area contributed by atoms with Crippen LogP contribution in [-0.4, -0.2) is 22.0 Å². The number of nitrogens with two attached hydrogens (primary N) is 1. The maximum Gasteiger partial charge on any atom is 0.304 e. The first-order valence-corrected chi connectivity index (χ1v) is 4.69. The van der Waals surface area contributed by atoms with Crippen LogP contribution in [0.2, 0.25) is 0 Å². The molecule has 0 radical (unpaired) electrons. The van der Waals surface area contributed by atoms with E-state index in [1.165, 1.54) is 12.1 Å². The number of hydrogen-bond acceptors (Lipinski definition) is 4. The number of halogens is 1. The van der Waals surface area contributed by atoms with Crippen molar-refractivity contribution in [3.05, 3.63) is 39.9 Å². The fourth-order valence-electron chi connectivity index (χ4n) is 1.35. The Hall–Kier alpha value is -1.66. The van der Waals surface area contributed by atoms with Gasteiger partial charge in [0.15, 0.2) is 0 Å². The van der Waals surface area contributed by atoms with Gasteiger partial charge in [0, 0.05) is 18.2 Å². The number of nitrogens with zero attached hydrogens (tertiary/aromatic N) is 1. The molecule has 1 aromatic carbocycles. The Labute approximate surface area is 104 Å². The molecular weight excluding hydrogens is 248 g/mol. The molecule has 0 aliphatic rings. The van der Waals surface area contributed by atoms with Crippen LogP contribution in [0, 0.1) is 10.1 Å². The zero-order chi connectivity index (χ0) is 12.1. The van der Waals surface area contributed by atoms with Crippen LogP contribution in [0.4, 0.5) is 5.69 Å². The summed E-state index contributed by atoms with van der Waals surface area (Å²) in [5.41, 5.74) is 6.39. The Kier molecular flexibility index (Phi) is 6.16. The van der Waals surface area contributed by atoms with Gasteiger partial charge >= 0.3 is 5.97 Å². The predicted octanol–water partition coefficient (Wildman–Crippen LogP) is 1.36. The highest BCUT2D eigenvalue weighted by Crippen LogP contribution is 2.13. The molecule has 17 heavy (non-hydrogen) atoms. The Morgan fingerprint density at radius 2 is 1.94 bits per heavy atom. The summed E-state index contributed by atoms with van der Waals surface area (Å²) in [5, 5.41) is 18.9. The van der Waals surface area contributed by atoms with Gasteiger partial charge in [-0.25, -0.2) is 0 Å². The number of carbonyl (C=O) groups is 1. The quantitative estimate of drug-likeness (QED) is 0.614. The largest absolute Gasteiger partial charge is 0.481 e. The van der Waals surface area contributed by atoms with Gasteiger partial charge in [-0.3, -0.25) is 14.9 Å². The number of rotatable bonds is 5. The van der Waals surface area contributed by atoms with Gasteiger partial charge in [-0.1, -0.05) is 12.1 Å². The van der Waals surface area contributed by atoms with Crippen LogP contribution in [0.5, 0.6) is 0 Å². The monoisotopic (exact) mass is 260 g/mol. The standard InChI is InChI=1S/C10H12N2O4.ClH/c11-8(6-10(13)14)5-7-1-3-9(4-2-7)12(15)16;/h1-4,8H,5-6,11H2,(H,13,14);1H/t8-;/m1./s1. The van der Waals surface area contributed by atoms with Crippen LogP contribution >= 0.6 is 12.4 Å². The Morgan fingerprint density at radius 3 is 2.35 bits per heavy atom. The summed E-state index contributed by atoms with van der Waals surface area (Å²) in [4.78, 5) is 20.3. The molecule has 0 aromatic heterocycles. The number of benzene rings is 1. The van der Waals surface area contributed by atoms with Gasteiger partial charge in [-0.2, -0.15) is 0 Å². The molecule has 0 aliphatic heterocycles. The molecule has 0 fully saturated rings. The number of carboxylic acids is 1. The number of carboxylic acid groups (broad SMARTS) is 1. The third kappa shape index (κ3) is 5.28. The number of nitro groups is 1. The number of hydrogen-bond donors (Lipinski definition) is 2. The summed E-state index contributed by atoms with van der Waals surface area (Å²) in [6.45, 7) is 0. The van der Waals surface area contributed by atoms with Crippen LogP contribution in [0.1, 0.15) is 12.0 Å². The minimum atomic E-state index is -0.950. The molecule has 3 N–H and O–H groups in total. The molecule has 0 saturated heterocycles. The Bertz CT molecular complexity index is 394. The molecule has 1 aromatic rings. The molecule has 94 valence electrons. The van der Waals surface area contributed by atoms with Gasteiger partial charge in [-0.15, -0.1) is 12.4 Å². The maximum atomic E-state index is 10.4. The van der Waals surface area contributed by atoms with E-state index in [2.05, 4.69) is 0 Å². The molecule has 0 spiro atoms. The van der Waals surface area contributed by atoms with E-state index in [1.54, 1.807) is 12.1 Å². The van der Waals surface area contributed by atoms with Crippen molar-refractivity contribution in [3.8, 4) is 0 Å². The third-order valence-electron chi connectivity index (χ3n) is 2.08. The van der Waals surface area contributed by atoms with Gasteiger partial charge < -0.3 is 10.8 Å². The van der Waals surface area contributed by atoms with Crippen LogP contribution in [-0.2, 0) is 11.2 Å². The van der Waals surface area contributed by atoms with Gasteiger partial charge in [0.25, 0.3) is 5.69 Å². The van der Waals surface area contributed by atoms with E-state index < -0.39 is 16.9 Å². The normalized spacial score (nSPS) is 11.4. The maximum absolute atomic E-state index is 10.4. The van der Waals surface area contributed by atoms with E-state index in [0.717, 1.165) is 5.56 Å². The molecule has 1 rings (SSSR count). The average Bonchev–Trinajstić information content (AvgIpc) is 2.16. The molecule has 0 aliphatic carbocycles. The van der Waals surface area contributed by atoms with Crippen molar-refractivity contribution < 1.29 is 14.8 Å². The second kappa shape index (κ2) is 6.82. The van der Waals surface area contributed by atoms with Gasteiger partial charge in [0.1, 0.15) is 0 Å². The van der Waals surface area contributed by atoms with Crippen molar-refractivity contribution in [1.82, 2.24) is 0 Å². The minimum Gasteiger partial charge on any atom is -0.481 e. The molecule has 7 heteroatoms. The number of non-ortho nitro benzene ring substituents is 1. The molecule has 0 saturated carbocycles. The lowest BCUT2D eigenvalue weighted by Gasteiger charge is -2.08. The third-order valence-corrected chi connectivity index (χ3v) is 2.08. The van der Waals surface area contributed by atoms with Crippen LogP contribution in [0.15, 0.2) is 24.3 Å². The summed E-state index contributed by atoms with van der Waals surface area (Å²) in [6.07, 6.45) is 0.279. The Balaban J connectivity index is 0.00000256. The van der Waals surface area contributed by atoms with Crippen LogP contribution < -0.4 is 5.73 Å². The van der Waals surface area contributed by atoms with Crippen LogP contribution in [0.25, 0.3) is 0 Å². The number of nitro benzene ring substituents is 1. The first-order valence-electron chi connectivity index (χ1n) is 4.69. The van der Waals surface area contributed by atoms with Gasteiger partial charge in [0.05, 0.1) is 11.3 Å². The van der Waals surface area contributed by atoms with Gasteiger partial charge in [-0.05, 0) is 12.0 Å². The highest BCUT2D eigenvalue weighted by Gasteiger charge is 2.10. The van der Waals surface area contributed by atoms with Crippen LogP contribution in [0.3, 0.4) is 0 Å². The second-order valence-corrected chi connectivity index (χ2v) is 3.49. The van der Waals surface area contributed by atoms with Crippen molar-refractivity contribution in [2.24, 2.45) is 5.73 Å². The zero-order valence-electron chi connectivity index (χ0n) is 8.91. The van der Waals surface area contributed by atoms with E-state index in [9.17, 15) is 14.9 Å². The van der Waals surface area contributed by atoms with Crippen molar-refractivity contribution in [2.75, 3.05) is 0 Å². The van der Waals surface area contributed by atoms with E-state index in [0.29, 0.717) is 6.42 Å². The van der Waals surface area contributed by atoms with E-state index in [4.69, 9.17) is 10.8 Å². The lowest BCUT2D eigenvalue weighted by atomic mass is 10.0. The summed E-state index contributed by atoms with van der Waals surface area (Å²) in [6, 6.07) is 5.45. The SMILES string of the molecule is Cl.N[C@@H](CC(=O)O)Cc1ccc([N+](=O)[O-])cc1. The molecule has 6 nitrogen and oxygen atoms in total. The van der Waals surface area contributed by atoms with Crippen molar-refractivity contribution in [2.45, 2.75) is 18.9 Å². The lowest BCUT2D eigenvalue weighted by Crippen LogP contribution is -2.26. The molecule has 0 bridgehead atoms. The molecule has 1 atom stereocenters. The first kappa shape index (κ1) is 15.3. The summed E-state index contributed by atoms with van der Waals surface area (Å²) in [5.74, 6) is -0.950.